The van der Waals surface area contributed by atoms with Crippen molar-refractivity contribution in [1.29, 1.82) is 0 Å². The molecule has 0 heterocycles. The Balaban J connectivity index is 1.54. The lowest BCUT2D eigenvalue weighted by atomic mass is 9.82. The zero-order valence-electron chi connectivity index (χ0n) is 18.5. The average molecular weight is 525 g/mol. The number of hydrogen-bond acceptors (Lipinski definition) is 5. The fraction of sp³-hybridized carbons (Fsp3) is 0.250. The summed E-state index contributed by atoms with van der Waals surface area (Å²) in [7, 11) is 0. The summed E-state index contributed by atoms with van der Waals surface area (Å²) in [4.78, 5) is 48.1. The van der Waals surface area contributed by atoms with Crippen molar-refractivity contribution in [3.05, 3.63) is 70.8 Å². The SMILES string of the molecule is O=C(COC(=O)c1ccc(NC(=O)[C@@H]2CC=CC[C@H]2C(=O)O)cc1)Nc1cc(C(F)(F)F)ccc1Cl. The van der Waals surface area contributed by atoms with Crippen LogP contribution in [0.5, 0.6) is 0 Å². The van der Waals surface area contributed by atoms with Gasteiger partial charge in [0, 0.05) is 5.69 Å². The van der Waals surface area contributed by atoms with Crippen LogP contribution in [-0.2, 0) is 25.3 Å². The summed E-state index contributed by atoms with van der Waals surface area (Å²) in [5, 5.41) is 14.0. The van der Waals surface area contributed by atoms with Gasteiger partial charge in [-0.2, -0.15) is 13.2 Å². The van der Waals surface area contributed by atoms with Gasteiger partial charge in [0.05, 0.1) is 33.7 Å². The normalized spacial score (nSPS) is 17.2. The molecule has 12 heteroatoms. The smallest absolute Gasteiger partial charge is 0.416 e. The number of allylic oxidation sites excluding steroid dienone is 2. The van der Waals surface area contributed by atoms with E-state index in [1.54, 1.807) is 12.2 Å². The van der Waals surface area contributed by atoms with Gasteiger partial charge in [-0.3, -0.25) is 14.4 Å². The minimum atomic E-state index is -4.63. The van der Waals surface area contributed by atoms with Crippen molar-refractivity contribution in [1.82, 2.24) is 0 Å². The molecule has 1 aliphatic carbocycles. The number of anilines is 2. The number of hydrogen-bond donors (Lipinski definition) is 3. The number of nitrogens with one attached hydrogen (secondary N) is 2. The Bertz CT molecular complexity index is 1200. The van der Waals surface area contributed by atoms with E-state index in [1.165, 1.54) is 24.3 Å². The Morgan fingerprint density at radius 2 is 1.61 bits per heavy atom. The lowest BCUT2D eigenvalue weighted by Crippen LogP contribution is -2.34. The van der Waals surface area contributed by atoms with E-state index in [0.717, 1.165) is 12.1 Å². The number of halogens is 4. The summed E-state index contributed by atoms with van der Waals surface area (Å²) in [6, 6.07) is 7.89. The summed E-state index contributed by atoms with van der Waals surface area (Å²) in [6.07, 6.45) is -0.613. The molecule has 190 valence electrons. The van der Waals surface area contributed by atoms with Crippen molar-refractivity contribution in [3.63, 3.8) is 0 Å². The van der Waals surface area contributed by atoms with Crippen LogP contribution in [0.25, 0.3) is 0 Å². The Morgan fingerprint density at radius 1 is 0.972 bits per heavy atom. The van der Waals surface area contributed by atoms with E-state index >= 15 is 0 Å². The first-order chi connectivity index (χ1) is 17.0. The largest absolute Gasteiger partial charge is 0.481 e. The predicted molar refractivity (Wildman–Crippen MR) is 123 cm³/mol. The first kappa shape index (κ1) is 26.7. The van der Waals surface area contributed by atoms with Crippen LogP contribution in [0.1, 0.15) is 28.8 Å². The predicted octanol–water partition coefficient (Wildman–Crippen LogP) is 4.76. The van der Waals surface area contributed by atoms with Gasteiger partial charge in [0.25, 0.3) is 5.91 Å². The van der Waals surface area contributed by atoms with Crippen molar-refractivity contribution in [2.24, 2.45) is 11.8 Å². The number of carboxylic acids is 1. The van der Waals surface area contributed by atoms with Crippen molar-refractivity contribution in [2.45, 2.75) is 19.0 Å². The Morgan fingerprint density at radius 3 is 2.22 bits per heavy atom. The fourth-order valence-corrected chi connectivity index (χ4v) is 3.66. The molecule has 3 rings (SSSR count). The molecule has 0 saturated heterocycles. The third kappa shape index (κ3) is 6.85. The standard InChI is InChI=1S/C24H20ClF3N2O6/c25-18-10-7-14(24(26,27)28)11-19(18)30-20(31)12-36-23(35)13-5-8-15(9-6-13)29-21(32)16-3-1-2-4-17(16)22(33)34/h1-2,5-11,16-17H,3-4,12H2,(H,29,32)(H,30,31)(H,33,34)/t16-,17-/m1/s1. The van der Waals surface area contributed by atoms with Crippen molar-refractivity contribution in [2.75, 3.05) is 17.2 Å². The quantitative estimate of drug-likeness (QED) is 0.355. The molecular formula is C24H20ClF3N2O6. The summed E-state index contributed by atoms with van der Waals surface area (Å²) < 4.78 is 43.4. The summed E-state index contributed by atoms with van der Waals surface area (Å²) in [5.74, 6) is -4.88. The average Bonchev–Trinajstić information content (AvgIpc) is 2.83. The van der Waals surface area contributed by atoms with Crippen LogP contribution in [0, 0.1) is 11.8 Å². The molecule has 0 bridgehead atoms. The summed E-state index contributed by atoms with van der Waals surface area (Å²) >= 11 is 5.82. The first-order valence-electron chi connectivity index (χ1n) is 10.6. The van der Waals surface area contributed by atoms with E-state index in [9.17, 15) is 37.5 Å². The molecule has 2 atom stereocenters. The highest BCUT2D eigenvalue weighted by Crippen LogP contribution is 2.34. The van der Waals surface area contributed by atoms with Gasteiger partial charge >= 0.3 is 18.1 Å². The Hall–Kier alpha value is -3.86. The maximum Gasteiger partial charge on any atom is 0.416 e. The van der Waals surface area contributed by atoms with E-state index < -0.39 is 53.9 Å². The highest BCUT2D eigenvalue weighted by atomic mass is 35.5. The number of esters is 1. The van der Waals surface area contributed by atoms with Gasteiger partial charge in [-0.1, -0.05) is 23.8 Å². The van der Waals surface area contributed by atoms with Crippen LogP contribution < -0.4 is 10.6 Å². The second kappa shape index (κ2) is 11.3. The second-order valence-corrected chi connectivity index (χ2v) is 8.28. The van der Waals surface area contributed by atoms with E-state index in [-0.39, 0.29) is 22.7 Å². The van der Waals surface area contributed by atoms with E-state index in [0.29, 0.717) is 18.2 Å². The number of amides is 2. The van der Waals surface area contributed by atoms with Crippen molar-refractivity contribution < 1.29 is 42.2 Å². The molecule has 1 aliphatic rings. The topological polar surface area (TPSA) is 122 Å². The fourth-order valence-electron chi connectivity index (χ4n) is 3.50. The molecule has 0 fully saturated rings. The van der Waals surface area contributed by atoms with E-state index in [2.05, 4.69) is 10.6 Å². The summed E-state index contributed by atoms with van der Waals surface area (Å²) in [5.41, 5.74) is -0.926. The molecule has 2 aromatic rings. The van der Waals surface area contributed by atoms with Crippen LogP contribution >= 0.6 is 11.6 Å². The van der Waals surface area contributed by atoms with Crippen molar-refractivity contribution >= 4 is 46.7 Å². The number of rotatable bonds is 7. The summed E-state index contributed by atoms with van der Waals surface area (Å²) in [6.45, 7) is -0.782. The Kier molecular flexibility index (Phi) is 8.36. The van der Waals surface area contributed by atoms with Crippen LogP contribution in [0.15, 0.2) is 54.6 Å². The van der Waals surface area contributed by atoms with Gasteiger partial charge in [0.15, 0.2) is 6.61 Å². The molecule has 0 aliphatic heterocycles. The lowest BCUT2D eigenvalue weighted by Gasteiger charge is -2.24. The molecule has 0 aromatic heterocycles. The number of aliphatic carboxylic acids is 1. The third-order valence-corrected chi connectivity index (χ3v) is 5.71. The molecule has 2 amide bonds. The van der Waals surface area contributed by atoms with Gasteiger partial charge in [-0.25, -0.2) is 4.79 Å². The molecule has 3 N–H and O–H groups in total. The van der Waals surface area contributed by atoms with E-state index in [1.807, 2.05) is 0 Å². The molecular weight excluding hydrogens is 505 g/mol. The minimum absolute atomic E-state index is 0.0434. The minimum Gasteiger partial charge on any atom is -0.481 e. The maximum absolute atomic E-state index is 12.8. The molecule has 0 radical (unpaired) electrons. The third-order valence-electron chi connectivity index (χ3n) is 5.38. The molecule has 36 heavy (non-hydrogen) atoms. The second-order valence-electron chi connectivity index (χ2n) is 7.88. The zero-order chi connectivity index (χ0) is 26.5. The first-order valence-corrected chi connectivity index (χ1v) is 11.0. The number of ether oxygens (including phenoxy) is 1. The van der Waals surface area contributed by atoms with Gasteiger partial charge in [0.2, 0.25) is 5.91 Å². The maximum atomic E-state index is 12.8. The molecule has 0 saturated carbocycles. The number of carbonyl (C=O) groups excluding carboxylic acids is 3. The van der Waals surface area contributed by atoms with Crippen LogP contribution in [0.4, 0.5) is 24.5 Å². The molecule has 2 aromatic carbocycles. The van der Waals surface area contributed by atoms with Gasteiger partial charge in [-0.05, 0) is 55.3 Å². The van der Waals surface area contributed by atoms with Gasteiger partial charge in [-0.15, -0.1) is 0 Å². The number of benzene rings is 2. The van der Waals surface area contributed by atoms with Crippen molar-refractivity contribution in [3.8, 4) is 0 Å². The highest BCUT2D eigenvalue weighted by molar-refractivity contribution is 6.33. The highest BCUT2D eigenvalue weighted by Gasteiger charge is 2.34. The molecule has 8 nitrogen and oxygen atoms in total. The number of alkyl halides is 3. The van der Waals surface area contributed by atoms with Crippen LogP contribution in [0.2, 0.25) is 5.02 Å². The monoisotopic (exact) mass is 524 g/mol. The van der Waals surface area contributed by atoms with Gasteiger partial charge in [0.1, 0.15) is 0 Å². The number of carbonyl (C=O) groups is 4. The van der Waals surface area contributed by atoms with Gasteiger partial charge < -0.3 is 20.5 Å². The molecule has 0 spiro atoms. The van der Waals surface area contributed by atoms with Crippen LogP contribution in [-0.4, -0.2) is 35.5 Å². The Labute approximate surface area is 208 Å². The molecule has 0 unspecified atom stereocenters. The number of carboxylic acid groups (broad SMARTS) is 1. The van der Waals surface area contributed by atoms with E-state index in [4.69, 9.17) is 16.3 Å². The lowest BCUT2D eigenvalue weighted by molar-refractivity contribution is -0.146. The van der Waals surface area contributed by atoms with Crippen LogP contribution in [0.3, 0.4) is 0 Å². The zero-order valence-corrected chi connectivity index (χ0v) is 19.2.